The van der Waals surface area contributed by atoms with Crippen molar-refractivity contribution < 1.29 is 19.4 Å². The Balaban J connectivity index is 2.53. The first kappa shape index (κ1) is 14.3. The molecule has 1 amide bonds. The van der Waals surface area contributed by atoms with E-state index in [0.29, 0.717) is 13.0 Å². The molecule has 0 aliphatic rings. The fourth-order valence-corrected chi connectivity index (χ4v) is 1.58. The van der Waals surface area contributed by atoms with Gasteiger partial charge in [0.2, 0.25) is 5.91 Å². The van der Waals surface area contributed by atoms with Crippen molar-refractivity contribution in [3.05, 3.63) is 23.8 Å². The van der Waals surface area contributed by atoms with Gasteiger partial charge in [0.15, 0.2) is 0 Å². The van der Waals surface area contributed by atoms with Crippen LogP contribution in [0.5, 0.6) is 11.5 Å². The molecular formula is C13H19NO4. The van der Waals surface area contributed by atoms with Crippen molar-refractivity contribution in [2.24, 2.45) is 0 Å². The number of ether oxygens (including phenoxy) is 2. The second kappa shape index (κ2) is 7.55. The van der Waals surface area contributed by atoms with Crippen molar-refractivity contribution in [3.63, 3.8) is 0 Å². The first-order valence-corrected chi connectivity index (χ1v) is 5.79. The molecule has 1 aromatic rings. The standard InChI is InChI=1S/C13H19NO4/c1-17-11-4-3-10(12(9-11)18-2)5-7-14-13(16)6-8-15/h3-4,9,15H,5-8H2,1-2H3,(H,14,16). The summed E-state index contributed by atoms with van der Waals surface area (Å²) in [7, 11) is 3.20. The van der Waals surface area contributed by atoms with Crippen LogP contribution in [0.3, 0.4) is 0 Å². The average molecular weight is 253 g/mol. The molecular weight excluding hydrogens is 234 g/mol. The van der Waals surface area contributed by atoms with E-state index < -0.39 is 0 Å². The van der Waals surface area contributed by atoms with E-state index in [2.05, 4.69) is 5.32 Å². The summed E-state index contributed by atoms with van der Waals surface area (Å²) in [4.78, 5) is 11.2. The molecule has 0 spiro atoms. The number of benzene rings is 1. The van der Waals surface area contributed by atoms with Gasteiger partial charge in [-0.2, -0.15) is 0 Å². The van der Waals surface area contributed by atoms with E-state index in [0.717, 1.165) is 17.1 Å². The van der Waals surface area contributed by atoms with E-state index in [1.807, 2.05) is 18.2 Å². The summed E-state index contributed by atoms with van der Waals surface area (Å²) in [6.07, 6.45) is 0.810. The second-order valence-corrected chi connectivity index (χ2v) is 3.75. The minimum Gasteiger partial charge on any atom is -0.497 e. The fraction of sp³-hybridized carbons (Fsp3) is 0.462. The van der Waals surface area contributed by atoms with Gasteiger partial charge in [0.25, 0.3) is 0 Å². The van der Waals surface area contributed by atoms with E-state index in [4.69, 9.17) is 14.6 Å². The number of aliphatic hydroxyl groups is 1. The molecule has 0 aliphatic heterocycles. The SMILES string of the molecule is COc1ccc(CCNC(=O)CCO)c(OC)c1. The lowest BCUT2D eigenvalue weighted by Gasteiger charge is -2.10. The number of hydrogen-bond acceptors (Lipinski definition) is 4. The van der Waals surface area contributed by atoms with Gasteiger partial charge < -0.3 is 19.9 Å². The van der Waals surface area contributed by atoms with E-state index in [-0.39, 0.29) is 18.9 Å². The lowest BCUT2D eigenvalue weighted by Crippen LogP contribution is -2.26. The van der Waals surface area contributed by atoms with Crippen LogP contribution in [0.1, 0.15) is 12.0 Å². The van der Waals surface area contributed by atoms with Gasteiger partial charge >= 0.3 is 0 Å². The number of hydrogen-bond donors (Lipinski definition) is 2. The topological polar surface area (TPSA) is 67.8 Å². The number of carbonyl (C=O) groups excluding carboxylic acids is 1. The molecule has 100 valence electrons. The Morgan fingerprint density at radius 3 is 2.72 bits per heavy atom. The Morgan fingerprint density at radius 2 is 2.11 bits per heavy atom. The first-order valence-electron chi connectivity index (χ1n) is 5.79. The van der Waals surface area contributed by atoms with Crippen LogP contribution in [0.2, 0.25) is 0 Å². The summed E-state index contributed by atoms with van der Waals surface area (Å²) in [6.45, 7) is 0.388. The molecule has 1 rings (SSSR count). The van der Waals surface area contributed by atoms with Crippen LogP contribution in [0.4, 0.5) is 0 Å². The Bertz CT molecular complexity index is 393. The molecule has 0 saturated carbocycles. The van der Waals surface area contributed by atoms with Crippen molar-refractivity contribution in [3.8, 4) is 11.5 Å². The molecule has 0 bridgehead atoms. The monoisotopic (exact) mass is 253 g/mol. The van der Waals surface area contributed by atoms with Crippen LogP contribution in [-0.2, 0) is 11.2 Å². The Hall–Kier alpha value is -1.75. The number of methoxy groups -OCH3 is 2. The van der Waals surface area contributed by atoms with Gasteiger partial charge in [-0.25, -0.2) is 0 Å². The Kier molecular flexibility index (Phi) is 6.00. The Labute approximate surface area is 107 Å². The predicted octanol–water partition coefficient (Wildman–Crippen LogP) is 0.745. The van der Waals surface area contributed by atoms with Gasteiger partial charge in [0.05, 0.1) is 20.8 Å². The average Bonchev–Trinajstić information content (AvgIpc) is 2.39. The van der Waals surface area contributed by atoms with Crippen molar-refractivity contribution in [2.75, 3.05) is 27.4 Å². The highest BCUT2D eigenvalue weighted by molar-refractivity contribution is 5.75. The maximum atomic E-state index is 11.2. The van der Waals surface area contributed by atoms with E-state index >= 15 is 0 Å². The number of nitrogens with one attached hydrogen (secondary N) is 1. The molecule has 0 atom stereocenters. The van der Waals surface area contributed by atoms with Gasteiger partial charge in [-0.1, -0.05) is 6.07 Å². The zero-order chi connectivity index (χ0) is 13.4. The molecule has 1 aromatic carbocycles. The normalized spacial score (nSPS) is 9.94. The van der Waals surface area contributed by atoms with Crippen molar-refractivity contribution >= 4 is 5.91 Å². The van der Waals surface area contributed by atoms with Crippen LogP contribution in [-0.4, -0.2) is 38.4 Å². The van der Waals surface area contributed by atoms with Gasteiger partial charge in [-0.15, -0.1) is 0 Å². The molecule has 5 nitrogen and oxygen atoms in total. The molecule has 0 unspecified atom stereocenters. The third-order valence-electron chi connectivity index (χ3n) is 2.55. The first-order chi connectivity index (χ1) is 8.71. The lowest BCUT2D eigenvalue weighted by atomic mass is 10.1. The van der Waals surface area contributed by atoms with Crippen molar-refractivity contribution in [2.45, 2.75) is 12.8 Å². The van der Waals surface area contributed by atoms with Crippen LogP contribution in [0, 0.1) is 0 Å². The van der Waals surface area contributed by atoms with Crippen molar-refractivity contribution in [1.29, 1.82) is 0 Å². The molecule has 0 saturated heterocycles. The zero-order valence-electron chi connectivity index (χ0n) is 10.7. The second-order valence-electron chi connectivity index (χ2n) is 3.75. The summed E-state index contributed by atoms with van der Waals surface area (Å²) in [5.74, 6) is 1.33. The third-order valence-corrected chi connectivity index (χ3v) is 2.55. The van der Waals surface area contributed by atoms with Gasteiger partial charge in [-0.05, 0) is 18.1 Å². The molecule has 2 N–H and O–H groups in total. The smallest absolute Gasteiger partial charge is 0.222 e. The number of carbonyl (C=O) groups is 1. The molecule has 18 heavy (non-hydrogen) atoms. The minimum atomic E-state index is -0.148. The zero-order valence-corrected chi connectivity index (χ0v) is 10.7. The lowest BCUT2D eigenvalue weighted by molar-refractivity contribution is -0.121. The molecule has 0 fully saturated rings. The number of amides is 1. The van der Waals surface area contributed by atoms with Crippen LogP contribution in [0.15, 0.2) is 18.2 Å². The predicted molar refractivity (Wildman–Crippen MR) is 68.0 cm³/mol. The summed E-state index contributed by atoms with van der Waals surface area (Å²) >= 11 is 0. The summed E-state index contributed by atoms with van der Waals surface area (Å²) in [5, 5.41) is 11.3. The summed E-state index contributed by atoms with van der Waals surface area (Å²) in [6, 6.07) is 5.58. The highest BCUT2D eigenvalue weighted by Gasteiger charge is 2.05. The molecule has 0 radical (unpaired) electrons. The highest BCUT2D eigenvalue weighted by Crippen LogP contribution is 2.24. The van der Waals surface area contributed by atoms with Crippen LogP contribution >= 0.6 is 0 Å². The van der Waals surface area contributed by atoms with Gasteiger partial charge in [0, 0.05) is 19.0 Å². The van der Waals surface area contributed by atoms with E-state index in [1.165, 1.54) is 0 Å². The maximum absolute atomic E-state index is 11.2. The largest absolute Gasteiger partial charge is 0.497 e. The minimum absolute atomic E-state index is 0.127. The molecule has 5 heteroatoms. The molecule has 0 aromatic heterocycles. The van der Waals surface area contributed by atoms with Crippen LogP contribution in [0.25, 0.3) is 0 Å². The maximum Gasteiger partial charge on any atom is 0.222 e. The highest BCUT2D eigenvalue weighted by atomic mass is 16.5. The summed E-state index contributed by atoms with van der Waals surface area (Å²) in [5.41, 5.74) is 1.00. The van der Waals surface area contributed by atoms with Crippen LogP contribution < -0.4 is 14.8 Å². The number of aliphatic hydroxyl groups excluding tert-OH is 1. The quantitative estimate of drug-likeness (QED) is 0.752. The third kappa shape index (κ3) is 4.25. The fourth-order valence-electron chi connectivity index (χ4n) is 1.58. The van der Waals surface area contributed by atoms with Gasteiger partial charge in [-0.3, -0.25) is 4.79 Å². The van der Waals surface area contributed by atoms with Crippen molar-refractivity contribution in [1.82, 2.24) is 5.32 Å². The number of rotatable bonds is 7. The van der Waals surface area contributed by atoms with E-state index in [1.54, 1.807) is 14.2 Å². The Morgan fingerprint density at radius 1 is 1.33 bits per heavy atom. The van der Waals surface area contributed by atoms with Gasteiger partial charge in [0.1, 0.15) is 11.5 Å². The van der Waals surface area contributed by atoms with E-state index in [9.17, 15) is 4.79 Å². The summed E-state index contributed by atoms with van der Waals surface area (Å²) < 4.78 is 10.4. The molecule has 0 heterocycles. The molecule has 0 aliphatic carbocycles.